The number of hydrogen-bond donors (Lipinski definition) is 1. The van der Waals surface area contributed by atoms with Crippen LogP contribution in [-0.4, -0.2) is 42.5 Å². The first-order chi connectivity index (χ1) is 9.01. The molecule has 0 aromatic carbocycles. The van der Waals surface area contributed by atoms with E-state index in [0.717, 1.165) is 12.8 Å². The Labute approximate surface area is 113 Å². The third kappa shape index (κ3) is 3.56. The van der Waals surface area contributed by atoms with E-state index in [2.05, 4.69) is 15.3 Å². The molecule has 1 unspecified atom stereocenters. The molecule has 1 aliphatic heterocycles. The number of hydrogen-bond acceptors (Lipinski definition) is 6. The number of ether oxygens (including phenoxy) is 1. The molecule has 0 saturated carbocycles. The molecule has 19 heavy (non-hydrogen) atoms. The summed E-state index contributed by atoms with van der Waals surface area (Å²) in [6, 6.07) is 1.69. The van der Waals surface area contributed by atoms with E-state index in [1.165, 1.54) is 0 Å². The molecule has 2 heterocycles. The molecule has 0 radical (unpaired) electrons. The average Bonchev–Trinajstić information content (AvgIpc) is 2.65. The van der Waals surface area contributed by atoms with Gasteiger partial charge < -0.3 is 10.1 Å². The van der Waals surface area contributed by atoms with Crippen LogP contribution >= 0.6 is 0 Å². The van der Waals surface area contributed by atoms with Gasteiger partial charge in [-0.1, -0.05) is 0 Å². The van der Waals surface area contributed by atoms with Gasteiger partial charge in [0.15, 0.2) is 9.84 Å². The van der Waals surface area contributed by atoms with Crippen LogP contribution in [-0.2, 0) is 9.84 Å². The van der Waals surface area contributed by atoms with Gasteiger partial charge in [0.25, 0.3) is 0 Å². The van der Waals surface area contributed by atoms with Crippen LogP contribution in [0.4, 0.5) is 5.82 Å². The Morgan fingerprint density at radius 2 is 2.26 bits per heavy atom. The van der Waals surface area contributed by atoms with Crippen molar-refractivity contribution in [2.45, 2.75) is 31.9 Å². The predicted octanol–water partition coefficient (Wildman–Crippen LogP) is 1.17. The fraction of sp³-hybridized carbons (Fsp3) is 0.667. The van der Waals surface area contributed by atoms with Gasteiger partial charge in [0.05, 0.1) is 17.6 Å². The summed E-state index contributed by atoms with van der Waals surface area (Å²) < 4.78 is 28.8. The Morgan fingerprint density at radius 3 is 2.89 bits per heavy atom. The minimum atomic E-state index is -2.92. The second-order valence-corrected chi connectivity index (χ2v) is 6.98. The van der Waals surface area contributed by atoms with Crippen molar-refractivity contribution in [3.63, 3.8) is 0 Å². The molecular formula is C12H19N3O3S. The van der Waals surface area contributed by atoms with E-state index in [1.807, 2.05) is 6.92 Å². The minimum absolute atomic E-state index is 0.298. The number of sulfone groups is 1. The maximum absolute atomic E-state index is 11.7. The average molecular weight is 285 g/mol. The number of rotatable bonds is 5. The molecule has 1 atom stereocenters. The van der Waals surface area contributed by atoms with Gasteiger partial charge in [-0.2, -0.15) is 4.98 Å². The topological polar surface area (TPSA) is 81.2 Å². The van der Waals surface area contributed by atoms with Crippen LogP contribution in [0.5, 0.6) is 5.88 Å². The van der Waals surface area contributed by atoms with Crippen LogP contribution < -0.4 is 10.1 Å². The van der Waals surface area contributed by atoms with Crippen molar-refractivity contribution < 1.29 is 13.2 Å². The highest BCUT2D eigenvalue weighted by atomic mass is 32.2. The molecule has 0 spiro atoms. The third-order valence-electron chi connectivity index (χ3n) is 3.08. The first kappa shape index (κ1) is 14.0. The summed E-state index contributed by atoms with van der Waals surface area (Å²) in [5.41, 5.74) is 0. The zero-order valence-electron chi connectivity index (χ0n) is 11.2. The molecule has 0 aliphatic carbocycles. The van der Waals surface area contributed by atoms with Crippen molar-refractivity contribution in [2.75, 3.05) is 24.2 Å². The standard InChI is InChI=1S/C12H19N3O3S/c1-3-18-12-7-11(14-9(2)15-12)13-8-10-5-4-6-19(10,16)17/h7,10H,3-6,8H2,1-2H3,(H,13,14,15). The monoisotopic (exact) mass is 285 g/mol. The van der Waals surface area contributed by atoms with Gasteiger partial charge in [-0.3, -0.25) is 0 Å². The predicted molar refractivity (Wildman–Crippen MR) is 73.2 cm³/mol. The van der Waals surface area contributed by atoms with Gasteiger partial charge in [0.1, 0.15) is 11.6 Å². The van der Waals surface area contributed by atoms with Crippen molar-refractivity contribution in [3.05, 3.63) is 11.9 Å². The molecule has 0 amide bonds. The number of aromatic nitrogens is 2. The quantitative estimate of drug-likeness (QED) is 0.874. The van der Waals surface area contributed by atoms with Gasteiger partial charge in [0, 0.05) is 12.6 Å². The van der Waals surface area contributed by atoms with Crippen molar-refractivity contribution >= 4 is 15.7 Å². The third-order valence-corrected chi connectivity index (χ3v) is 5.36. The SMILES string of the molecule is CCOc1cc(NCC2CCCS2(=O)=O)nc(C)n1. The molecule has 1 saturated heterocycles. The summed E-state index contributed by atoms with van der Waals surface area (Å²) in [5, 5.41) is 2.76. The van der Waals surface area contributed by atoms with Gasteiger partial charge in [-0.15, -0.1) is 0 Å². The Balaban J connectivity index is 2.03. The minimum Gasteiger partial charge on any atom is -0.478 e. The lowest BCUT2D eigenvalue weighted by molar-refractivity contribution is 0.325. The lowest BCUT2D eigenvalue weighted by atomic mass is 10.2. The Hall–Kier alpha value is -1.37. The molecule has 1 aromatic heterocycles. The molecule has 1 aromatic rings. The smallest absolute Gasteiger partial charge is 0.218 e. The highest BCUT2D eigenvalue weighted by Crippen LogP contribution is 2.21. The van der Waals surface area contributed by atoms with Crippen LogP contribution in [0.3, 0.4) is 0 Å². The molecule has 0 bridgehead atoms. The highest BCUT2D eigenvalue weighted by molar-refractivity contribution is 7.92. The van der Waals surface area contributed by atoms with Crippen molar-refractivity contribution in [1.29, 1.82) is 0 Å². The van der Waals surface area contributed by atoms with Crippen LogP contribution in [0.2, 0.25) is 0 Å². The van der Waals surface area contributed by atoms with Crippen molar-refractivity contribution in [2.24, 2.45) is 0 Å². The summed E-state index contributed by atoms with van der Waals surface area (Å²) >= 11 is 0. The maximum Gasteiger partial charge on any atom is 0.218 e. The van der Waals surface area contributed by atoms with E-state index in [1.54, 1.807) is 13.0 Å². The van der Waals surface area contributed by atoms with E-state index < -0.39 is 9.84 Å². The van der Waals surface area contributed by atoms with E-state index in [4.69, 9.17) is 4.74 Å². The van der Waals surface area contributed by atoms with Crippen LogP contribution in [0.15, 0.2) is 6.07 Å². The molecule has 2 rings (SSSR count). The summed E-state index contributed by atoms with van der Waals surface area (Å²) in [4.78, 5) is 8.37. The van der Waals surface area contributed by atoms with Crippen LogP contribution in [0, 0.1) is 6.92 Å². The normalized spacial score (nSPS) is 21.3. The molecule has 1 N–H and O–H groups in total. The largest absolute Gasteiger partial charge is 0.478 e. The van der Waals surface area contributed by atoms with Crippen molar-refractivity contribution in [1.82, 2.24) is 9.97 Å². The van der Waals surface area contributed by atoms with Crippen molar-refractivity contribution in [3.8, 4) is 5.88 Å². The van der Waals surface area contributed by atoms with E-state index >= 15 is 0 Å². The highest BCUT2D eigenvalue weighted by Gasteiger charge is 2.30. The second-order valence-electron chi connectivity index (χ2n) is 4.58. The van der Waals surface area contributed by atoms with Gasteiger partial charge in [0.2, 0.25) is 5.88 Å². The van der Waals surface area contributed by atoms with Gasteiger partial charge in [-0.05, 0) is 26.7 Å². The maximum atomic E-state index is 11.7. The lowest BCUT2D eigenvalue weighted by Gasteiger charge is -2.12. The molecule has 7 heteroatoms. The van der Waals surface area contributed by atoms with E-state index in [0.29, 0.717) is 36.4 Å². The zero-order valence-corrected chi connectivity index (χ0v) is 12.0. The number of aryl methyl sites for hydroxylation is 1. The zero-order chi connectivity index (χ0) is 13.9. The first-order valence-corrected chi connectivity index (χ1v) is 8.16. The molecule has 1 fully saturated rings. The molecular weight excluding hydrogens is 266 g/mol. The molecule has 6 nitrogen and oxygen atoms in total. The summed E-state index contributed by atoms with van der Waals surface area (Å²) in [7, 11) is -2.92. The Bertz CT molecular complexity index is 545. The summed E-state index contributed by atoms with van der Waals surface area (Å²) in [6.45, 7) is 4.59. The van der Waals surface area contributed by atoms with E-state index in [9.17, 15) is 8.42 Å². The van der Waals surface area contributed by atoms with Crippen LogP contribution in [0.25, 0.3) is 0 Å². The molecule has 106 valence electrons. The number of nitrogens with one attached hydrogen (secondary N) is 1. The van der Waals surface area contributed by atoms with Crippen LogP contribution in [0.1, 0.15) is 25.6 Å². The Kier molecular flexibility index (Phi) is 4.24. The number of nitrogens with zero attached hydrogens (tertiary/aromatic N) is 2. The van der Waals surface area contributed by atoms with Gasteiger partial charge in [-0.25, -0.2) is 13.4 Å². The summed E-state index contributed by atoms with van der Waals surface area (Å²) in [6.07, 6.45) is 1.47. The fourth-order valence-corrected chi connectivity index (χ4v) is 3.92. The Morgan fingerprint density at radius 1 is 1.47 bits per heavy atom. The number of anilines is 1. The fourth-order valence-electron chi connectivity index (χ4n) is 2.16. The van der Waals surface area contributed by atoms with E-state index in [-0.39, 0.29) is 5.25 Å². The lowest BCUT2D eigenvalue weighted by Crippen LogP contribution is -2.25. The van der Waals surface area contributed by atoms with Gasteiger partial charge >= 0.3 is 0 Å². The summed E-state index contributed by atoms with van der Waals surface area (Å²) in [5.74, 6) is 2.01. The molecule has 1 aliphatic rings. The second kappa shape index (κ2) is 5.73. The first-order valence-electron chi connectivity index (χ1n) is 6.45.